The molecule has 47 heavy (non-hydrogen) atoms. The number of carbonyl (C=O) groups is 2. The number of hydrogen-bond acceptors (Lipinski definition) is 6. The molecule has 8 heteroatoms. The van der Waals surface area contributed by atoms with E-state index in [4.69, 9.17) is 19.4 Å². The molecule has 6 aromatic rings. The number of methoxy groups -OCH3 is 2. The van der Waals surface area contributed by atoms with E-state index in [1.54, 1.807) is 14.2 Å². The number of hydrogen-bond donors (Lipinski definition) is 0. The third kappa shape index (κ3) is 5.97. The third-order valence-electron chi connectivity index (χ3n) is 8.69. The van der Waals surface area contributed by atoms with Crippen LogP contribution in [0, 0.1) is 0 Å². The molecule has 7 rings (SSSR count). The molecule has 1 fully saturated rings. The van der Waals surface area contributed by atoms with Gasteiger partial charge in [-0.2, -0.15) is 0 Å². The fourth-order valence-corrected chi connectivity index (χ4v) is 6.23. The number of benzene rings is 4. The quantitative estimate of drug-likeness (QED) is 0.197. The van der Waals surface area contributed by atoms with E-state index in [1.807, 2.05) is 119 Å². The molecular formula is C39H34N4O4. The number of ether oxygens (including phenoxy) is 2. The van der Waals surface area contributed by atoms with Crippen LogP contribution in [-0.4, -0.2) is 72.0 Å². The molecule has 1 aliphatic rings. The Kier molecular flexibility index (Phi) is 8.23. The van der Waals surface area contributed by atoms with Gasteiger partial charge in [-0.15, -0.1) is 0 Å². The molecule has 2 amide bonds. The standard InChI is InChI=1S/C39H34N4O4/c1-46-28-12-7-10-26(22-28)36-24-32(30-14-3-5-16-34(30)40-36)38(44)42-18-9-19-43(21-20-42)39(45)33-25-37(27-11-8-13-29(23-27)47-2)41-35-17-6-4-15-31(33)35/h3-8,10-17,22-25H,9,18-21H2,1-2H3. The van der Waals surface area contributed by atoms with Crippen molar-refractivity contribution in [3.8, 4) is 34.0 Å². The van der Waals surface area contributed by atoms with Gasteiger partial charge in [-0.25, -0.2) is 9.97 Å². The summed E-state index contributed by atoms with van der Waals surface area (Å²) in [6.45, 7) is 1.92. The summed E-state index contributed by atoms with van der Waals surface area (Å²) in [4.78, 5) is 41.9. The van der Waals surface area contributed by atoms with Crippen LogP contribution in [-0.2, 0) is 0 Å². The molecule has 1 saturated heterocycles. The fraction of sp³-hybridized carbons (Fsp3) is 0.179. The van der Waals surface area contributed by atoms with Gasteiger partial charge >= 0.3 is 0 Å². The van der Waals surface area contributed by atoms with E-state index in [0.717, 1.165) is 44.4 Å². The normalized spacial score (nSPS) is 13.4. The van der Waals surface area contributed by atoms with E-state index in [1.165, 1.54) is 0 Å². The Balaban J connectivity index is 1.17. The number of nitrogens with zero attached hydrogens (tertiary/aromatic N) is 4. The Hall–Kier alpha value is -5.76. The van der Waals surface area contributed by atoms with Crippen molar-refractivity contribution in [1.29, 1.82) is 0 Å². The van der Waals surface area contributed by atoms with Gasteiger partial charge in [0.1, 0.15) is 11.5 Å². The van der Waals surface area contributed by atoms with Crippen LogP contribution in [0.3, 0.4) is 0 Å². The second kappa shape index (κ2) is 12.9. The minimum absolute atomic E-state index is 0.0725. The summed E-state index contributed by atoms with van der Waals surface area (Å²) < 4.78 is 10.9. The minimum atomic E-state index is -0.0725. The maximum atomic E-state index is 14.2. The number of para-hydroxylation sites is 2. The molecule has 2 aromatic heterocycles. The van der Waals surface area contributed by atoms with Gasteiger partial charge in [-0.1, -0.05) is 60.7 Å². The number of amides is 2. The molecule has 0 radical (unpaired) electrons. The van der Waals surface area contributed by atoms with Gasteiger partial charge in [0.15, 0.2) is 0 Å². The zero-order valence-corrected chi connectivity index (χ0v) is 26.3. The first-order valence-electron chi connectivity index (χ1n) is 15.7. The Bertz CT molecular complexity index is 1980. The molecule has 234 valence electrons. The molecule has 0 saturated carbocycles. The maximum Gasteiger partial charge on any atom is 0.254 e. The molecule has 0 aliphatic carbocycles. The lowest BCUT2D eigenvalue weighted by atomic mass is 10.0. The molecule has 0 atom stereocenters. The summed E-state index contributed by atoms with van der Waals surface area (Å²) >= 11 is 0. The van der Waals surface area contributed by atoms with E-state index in [2.05, 4.69) is 0 Å². The molecule has 1 aliphatic heterocycles. The Morgan fingerprint density at radius 2 is 1.00 bits per heavy atom. The molecular weight excluding hydrogens is 588 g/mol. The predicted molar refractivity (Wildman–Crippen MR) is 184 cm³/mol. The van der Waals surface area contributed by atoms with Crippen LogP contribution in [0.1, 0.15) is 27.1 Å². The number of aromatic nitrogens is 2. The highest BCUT2D eigenvalue weighted by Gasteiger charge is 2.27. The molecule has 4 aromatic carbocycles. The average molecular weight is 623 g/mol. The molecule has 0 unspecified atom stereocenters. The third-order valence-corrected chi connectivity index (χ3v) is 8.69. The lowest BCUT2D eigenvalue weighted by Crippen LogP contribution is -2.37. The maximum absolute atomic E-state index is 14.2. The first kappa shape index (κ1) is 29.9. The van der Waals surface area contributed by atoms with Crippen LogP contribution in [0.25, 0.3) is 44.3 Å². The summed E-state index contributed by atoms with van der Waals surface area (Å²) in [5, 5.41) is 1.60. The van der Waals surface area contributed by atoms with E-state index in [9.17, 15) is 9.59 Å². The highest BCUT2D eigenvalue weighted by molar-refractivity contribution is 6.08. The van der Waals surface area contributed by atoms with Crippen molar-refractivity contribution in [2.24, 2.45) is 0 Å². The van der Waals surface area contributed by atoms with Crippen molar-refractivity contribution in [2.75, 3.05) is 40.4 Å². The summed E-state index contributed by atoms with van der Waals surface area (Å²) in [7, 11) is 3.26. The average Bonchev–Trinajstić information content (AvgIpc) is 3.40. The van der Waals surface area contributed by atoms with Gasteiger partial charge in [0.2, 0.25) is 0 Å². The van der Waals surface area contributed by atoms with Crippen molar-refractivity contribution in [3.05, 3.63) is 120 Å². The van der Waals surface area contributed by atoms with E-state index in [0.29, 0.717) is 55.1 Å². The van der Waals surface area contributed by atoms with Crippen molar-refractivity contribution in [1.82, 2.24) is 19.8 Å². The Morgan fingerprint density at radius 3 is 1.45 bits per heavy atom. The van der Waals surface area contributed by atoms with Crippen LogP contribution in [0.2, 0.25) is 0 Å². The smallest absolute Gasteiger partial charge is 0.254 e. The lowest BCUT2D eigenvalue weighted by Gasteiger charge is -2.23. The number of fused-ring (bicyclic) bond motifs is 2. The van der Waals surface area contributed by atoms with Gasteiger partial charge in [0.25, 0.3) is 11.8 Å². The summed E-state index contributed by atoms with van der Waals surface area (Å²) in [6, 6.07) is 34.5. The van der Waals surface area contributed by atoms with Gasteiger partial charge in [0.05, 0.1) is 47.8 Å². The summed E-state index contributed by atoms with van der Waals surface area (Å²) in [5.74, 6) is 1.30. The molecule has 3 heterocycles. The van der Waals surface area contributed by atoms with Crippen LogP contribution in [0.15, 0.2) is 109 Å². The number of carbonyl (C=O) groups excluding carboxylic acids is 2. The van der Waals surface area contributed by atoms with E-state index < -0.39 is 0 Å². The molecule has 0 spiro atoms. The first-order chi connectivity index (χ1) is 23.0. The van der Waals surface area contributed by atoms with Crippen LogP contribution in [0.5, 0.6) is 11.5 Å². The zero-order valence-electron chi connectivity index (χ0n) is 26.3. The van der Waals surface area contributed by atoms with Gasteiger partial charge in [-0.3, -0.25) is 9.59 Å². The Labute approximate surface area is 273 Å². The molecule has 0 bridgehead atoms. The lowest BCUT2D eigenvalue weighted by molar-refractivity contribution is 0.0720. The van der Waals surface area contributed by atoms with Crippen molar-refractivity contribution >= 4 is 33.6 Å². The van der Waals surface area contributed by atoms with Crippen LogP contribution >= 0.6 is 0 Å². The highest BCUT2D eigenvalue weighted by atomic mass is 16.5. The van der Waals surface area contributed by atoms with Gasteiger partial charge < -0.3 is 19.3 Å². The SMILES string of the molecule is COc1cccc(-c2cc(C(=O)N3CCCN(C(=O)c4cc(-c5cccc(OC)c5)nc5ccccc45)CC3)c3ccccc3n2)c1. The molecule has 0 N–H and O–H groups in total. The zero-order chi connectivity index (χ0) is 32.3. The van der Waals surface area contributed by atoms with E-state index in [-0.39, 0.29) is 11.8 Å². The van der Waals surface area contributed by atoms with Gasteiger partial charge in [0, 0.05) is 48.1 Å². The second-order valence-corrected chi connectivity index (χ2v) is 11.5. The predicted octanol–water partition coefficient (Wildman–Crippen LogP) is 7.12. The van der Waals surface area contributed by atoms with Crippen LogP contribution in [0.4, 0.5) is 0 Å². The highest BCUT2D eigenvalue weighted by Crippen LogP contribution is 2.30. The van der Waals surface area contributed by atoms with Crippen LogP contribution < -0.4 is 9.47 Å². The minimum Gasteiger partial charge on any atom is -0.497 e. The second-order valence-electron chi connectivity index (χ2n) is 11.5. The number of rotatable bonds is 6. The Morgan fingerprint density at radius 1 is 0.553 bits per heavy atom. The summed E-state index contributed by atoms with van der Waals surface area (Å²) in [6.07, 6.45) is 0.662. The molecule has 8 nitrogen and oxygen atoms in total. The van der Waals surface area contributed by atoms with Crippen molar-refractivity contribution in [2.45, 2.75) is 6.42 Å². The topological polar surface area (TPSA) is 84.9 Å². The first-order valence-corrected chi connectivity index (χ1v) is 15.7. The largest absolute Gasteiger partial charge is 0.497 e. The van der Waals surface area contributed by atoms with Gasteiger partial charge in [-0.05, 0) is 55.0 Å². The monoisotopic (exact) mass is 622 g/mol. The number of pyridine rings is 2. The van der Waals surface area contributed by atoms with Crippen molar-refractivity contribution in [3.63, 3.8) is 0 Å². The summed E-state index contributed by atoms with van der Waals surface area (Å²) in [5.41, 5.74) is 5.83. The fourth-order valence-electron chi connectivity index (χ4n) is 6.23. The van der Waals surface area contributed by atoms with Crippen molar-refractivity contribution < 1.29 is 19.1 Å². The van der Waals surface area contributed by atoms with E-state index >= 15 is 0 Å².